The molecular formula is C18H28ClNO4S. The van der Waals surface area contributed by atoms with Gasteiger partial charge in [-0.1, -0.05) is 37.6 Å². The Morgan fingerprint density at radius 1 is 1.16 bits per heavy atom. The summed E-state index contributed by atoms with van der Waals surface area (Å²) in [6.45, 7) is 9.36. The van der Waals surface area contributed by atoms with Crippen LogP contribution >= 0.6 is 25.1 Å². The third-order valence-corrected chi connectivity index (χ3v) is 3.23. The van der Waals surface area contributed by atoms with Crippen LogP contribution in [0, 0.1) is 5.92 Å². The SMILES string of the molecule is CC(C)C[C@H](NC(=O)OC(C)(C)C)C(=O)OCc1ccc(Cl)cc1.S. The molecule has 0 fully saturated rings. The minimum Gasteiger partial charge on any atom is -0.459 e. The zero-order chi connectivity index (χ0) is 18.3. The van der Waals surface area contributed by atoms with Gasteiger partial charge < -0.3 is 14.8 Å². The fourth-order valence-electron chi connectivity index (χ4n) is 1.97. The number of rotatable bonds is 6. The van der Waals surface area contributed by atoms with Gasteiger partial charge in [-0.05, 0) is 50.8 Å². The smallest absolute Gasteiger partial charge is 0.408 e. The lowest BCUT2D eigenvalue weighted by Gasteiger charge is -2.23. The lowest BCUT2D eigenvalue weighted by molar-refractivity contribution is -0.148. The standard InChI is InChI=1S/C18H26ClNO4.H2S/c1-12(2)10-15(20-17(22)24-18(3,4)5)16(21)23-11-13-6-8-14(19)9-7-13;/h6-9,12,15H,10-11H2,1-5H3,(H,20,22);1H2/t15-;/m0./s1. The highest BCUT2D eigenvalue weighted by Gasteiger charge is 2.26. The van der Waals surface area contributed by atoms with Crippen LogP contribution in [0.4, 0.5) is 4.79 Å². The molecule has 0 aliphatic rings. The van der Waals surface area contributed by atoms with Crippen LogP contribution < -0.4 is 5.32 Å². The molecule has 1 N–H and O–H groups in total. The fraction of sp³-hybridized carbons (Fsp3) is 0.556. The summed E-state index contributed by atoms with van der Waals surface area (Å²) < 4.78 is 10.5. The summed E-state index contributed by atoms with van der Waals surface area (Å²) in [7, 11) is 0. The maximum atomic E-state index is 12.3. The van der Waals surface area contributed by atoms with Crippen LogP contribution in [-0.2, 0) is 20.9 Å². The summed E-state index contributed by atoms with van der Waals surface area (Å²) in [6.07, 6.45) is -0.157. The molecule has 0 radical (unpaired) electrons. The van der Waals surface area contributed by atoms with Gasteiger partial charge in [0.2, 0.25) is 0 Å². The van der Waals surface area contributed by atoms with Gasteiger partial charge in [-0.3, -0.25) is 0 Å². The van der Waals surface area contributed by atoms with Crippen LogP contribution in [0.3, 0.4) is 0 Å². The number of benzene rings is 1. The number of carbonyl (C=O) groups is 2. The van der Waals surface area contributed by atoms with Crippen LogP contribution in [0.2, 0.25) is 5.02 Å². The molecule has 1 amide bonds. The van der Waals surface area contributed by atoms with Crippen molar-refractivity contribution in [3.8, 4) is 0 Å². The maximum absolute atomic E-state index is 12.3. The third-order valence-electron chi connectivity index (χ3n) is 2.98. The van der Waals surface area contributed by atoms with E-state index < -0.39 is 23.7 Å². The van der Waals surface area contributed by atoms with E-state index in [2.05, 4.69) is 5.32 Å². The molecule has 25 heavy (non-hydrogen) atoms. The molecule has 0 saturated carbocycles. The van der Waals surface area contributed by atoms with Crippen molar-refractivity contribution in [3.05, 3.63) is 34.9 Å². The van der Waals surface area contributed by atoms with Gasteiger partial charge in [-0.15, -0.1) is 0 Å². The number of hydrogen-bond donors (Lipinski definition) is 1. The quantitative estimate of drug-likeness (QED) is 0.730. The van der Waals surface area contributed by atoms with Crippen molar-refractivity contribution in [1.29, 1.82) is 0 Å². The van der Waals surface area contributed by atoms with Gasteiger partial charge >= 0.3 is 12.1 Å². The first-order chi connectivity index (χ1) is 11.1. The van der Waals surface area contributed by atoms with Crippen molar-refractivity contribution >= 4 is 37.2 Å². The van der Waals surface area contributed by atoms with E-state index in [0.29, 0.717) is 11.4 Å². The predicted molar refractivity (Wildman–Crippen MR) is 104 cm³/mol. The minimum absolute atomic E-state index is 0. The first-order valence-corrected chi connectivity index (χ1v) is 8.35. The first-order valence-electron chi connectivity index (χ1n) is 7.97. The van der Waals surface area contributed by atoms with Gasteiger partial charge in [0.1, 0.15) is 18.2 Å². The number of nitrogens with one attached hydrogen (secondary N) is 1. The van der Waals surface area contributed by atoms with Gasteiger partial charge in [0, 0.05) is 5.02 Å². The van der Waals surface area contributed by atoms with Crippen LogP contribution in [-0.4, -0.2) is 23.7 Å². The predicted octanol–water partition coefficient (Wildman–Crippen LogP) is 4.44. The first kappa shape index (κ1) is 23.6. The van der Waals surface area contributed by atoms with Crippen molar-refractivity contribution in [2.75, 3.05) is 0 Å². The zero-order valence-electron chi connectivity index (χ0n) is 15.4. The van der Waals surface area contributed by atoms with Crippen molar-refractivity contribution in [2.24, 2.45) is 5.92 Å². The summed E-state index contributed by atoms with van der Waals surface area (Å²) in [5, 5.41) is 3.21. The summed E-state index contributed by atoms with van der Waals surface area (Å²) >= 11 is 5.82. The average molecular weight is 390 g/mol. The lowest BCUT2D eigenvalue weighted by Crippen LogP contribution is -2.44. The molecule has 0 heterocycles. The summed E-state index contributed by atoms with van der Waals surface area (Å²) in [4.78, 5) is 24.2. The van der Waals surface area contributed by atoms with E-state index in [-0.39, 0.29) is 26.0 Å². The molecule has 0 unspecified atom stereocenters. The Bertz CT molecular complexity index is 555. The molecule has 0 bridgehead atoms. The average Bonchev–Trinajstić information content (AvgIpc) is 2.43. The van der Waals surface area contributed by atoms with E-state index in [1.165, 1.54) is 0 Å². The van der Waals surface area contributed by atoms with E-state index >= 15 is 0 Å². The van der Waals surface area contributed by atoms with Gasteiger partial charge in [-0.25, -0.2) is 9.59 Å². The molecule has 1 aromatic rings. The number of esters is 1. The minimum atomic E-state index is -0.743. The Labute approximate surface area is 161 Å². The molecule has 0 aromatic heterocycles. The van der Waals surface area contributed by atoms with Crippen LogP contribution in [0.15, 0.2) is 24.3 Å². The zero-order valence-corrected chi connectivity index (χ0v) is 17.1. The van der Waals surface area contributed by atoms with Crippen molar-refractivity contribution < 1.29 is 19.1 Å². The second kappa shape index (κ2) is 10.6. The van der Waals surface area contributed by atoms with Gasteiger partial charge in [0.15, 0.2) is 0 Å². The van der Waals surface area contributed by atoms with E-state index in [0.717, 1.165) is 5.56 Å². The summed E-state index contributed by atoms with van der Waals surface area (Å²) in [6, 6.07) is 6.29. The largest absolute Gasteiger partial charge is 0.459 e. The molecule has 1 aromatic carbocycles. The topological polar surface area (TPSA) is 64.6 Å². The number of carbonyl (C=O) groups excluding carboxylic acids is 2. The second-order valence-corrected chi connectivity index (χ2v) is 7.50. The molecule has 0 aliphatic heterocycles. The molecule has 0 spiro atoms. The van der Waals surface area contributed by atoms with E-state index in [1.807, 2.05) is 13.8 Å². The Balaban J connectivity index is 0.00000576. The van der Waals surface area contributed by atoms with Crippen LogP contribution in [0.5, 0.6) is 0 Å². The van der Waals surface area contributed by atoms with Crippen LogP contribution in [0.1, 0.15) is 46.6 Å². The summed E-state index contributed by atoms with van der Waals surface area (Å²) in [5.41, 5.74) is 0.202. The molecule has 1 rings (SSSR count). The fourth-order valence-corrected chi connectivity index (χ4v) is 2.10. The molecular weight excluding hydrogens is 362 g/mol. The Kier molecular flexibility index (Phi) is 9.97. The van der Waals surface area contributed by atoms with Crippen molar-refractivity contribution in [3.63, 3.8) is 0 Å². The van der Waals surface area contributed by atoms with Gasteiger partial charge in [-0.2, -0.15) is 13.5 Å². The number of ether oxygens (including phenoxy) is 2. The van der Waals surface area contributed by atoms with E-state index in [4.69, 9.17) is 21.1 Å². The molecule has 0 aliphatic carbocycles. The Hall–Kier alpha value is -1.40. The highest BCUT2D eigenvalue weighted by molar-refractivity contribution is 7.59. The number of alkyl carbamates (subject to hydrolysis) is 1. The van der Waals surface area contributed by atoms with Gasteiger partial charge in [0.25, 0.3) is 0 Å². The van der Waals surface area contributed by atoms with E-state index in [1.54, 1.807) is 45.0 Å². The normalized spacial score (nSPS) is 12.1. The van der Waals surface area contributed by atoms with E-state index in [9.17, 15) is 9.59 Å². The highest BCUT2D eigenvalue weighted by Crippen LogP contribution is 2.13. The van der Waals surface area contributed by atoms with Crippen molar-refractivity contribution in [2.45, 2.75) is 59.3 Å². The molecule has 5 nitrogen and oxygen atoms in total. The number of halogens is 1. The molecule has 1 atom stereocenters. The molecule has 7 heteroatoms. The Morgan fingerprint density at radius 2 is 1.72 bits per heavy atom. The molecule has 142 valence electrons. The monoisotopic (exact) mass is 389 g/mol. The molecule has 0 saturated heterocycles. The second-order valence-electron chi connectivity index (χ2n) is 7.06. The maximum Gasteiger partial charge on any atom is 0.408 e. The van der Waals surface area contributed by atoms with Crippen molar-refractivity contribution in [1.82, 2.24) is 5.32 Å². The summed E-state index contributed by atoms with van der Waals surface area (Å²) in [5.74, 6) is -0.266. The third kappa shape index (κ3) is 10.2. The van der Waals surface area contributed by atoms with Gasteiger partial charge in [0.05, 0.1) is 0 Å². The highest BCUT2D eigenvalue weighted by atomic mass is 35.5. The lowest BCUT2D eigenvalue weighted by atomic mass is 10.0. The Morgan fingerprint density at radius 3 is 2.20 bits per heavy atom. The van der Waals surface area contributed by atoms with Crippen LogP contribution in [0.25, 0.3) is 0 Å². The number of hydrogen-bond acceptors (Lipinski definition) is 4. The number of amides is 1.